The Bertz CT molecular complexity index is 2510. The molecular formula is C58H70N2O10. The van der Waals surface area contributed by atoms with Crippen molar-refractivity contribution in [1.29, 1.82) is 0 Å². The number of hydrogen-bond acceptors (Lipinski definition) is 11. The van der Waals surface area contributed by atoms with Crippen LogP contribution in [0.4, 0.5) is 0 Å². The molecule has 3 aliphatic heterocycles. The molecule has 1 amide bonds. The monoisotopic (exact) mass is 955 g/mol. The lowest BCUT2D eigenvalue weighted by molar-refractivity contribution is -0.258. The predicted molar refractivity (Wildman–Crippen MR) is 268 cm³/mol. The molecule has 4 aromatic carbocycles. The van der Waals surface area contributed by atoms with Crippen LogP contribution in [0.25, 0.3) is 10.8 Å². The maximum absolute atomic E-state index is 15.4. The van der Waals surface area contributed by atoms with E-state index in [2.05, 4.69) is 43.0 Å². The molecule has 0 aromatic heterocycles. The lowest BCUT2D eigenvalue weighted by Gasteiger charge is -2.60. The van der Waals surface area contributed by atoms with Gasteiger partial charge in [-0.25, -0.2) is 0 Å². The molecule has 3 heterocycles. The van der Waals surface area contributed by atoms with Crippen molar-refractivity contribution in [3.05, 3.63) is 114 Å². The standard InChI is InChI=1S/C58H70N2O10/c1-2-30-67-58-53(60(54(63)27-21-39-13-3-4-14-39)37-40-20-25-51-52(32-40)66-38-65-51)36-49(59-70-55-19-9-12-31-64-55)47-34-43(17-7-10-28-61)46(18-8-11-29-62)56(57(47)58)48-35-45(24-26-50(48)69-58)68-44-23-22-41-15-5-6-16-42(41)33-44/h2,5-6,15-16,20,22-26,32-35,39,43,46,53,55-57,61-62H,1,3-4,7-14,17-19,21,27-31,36-38H2/t43-,46+,53-,55?,56+,57+,58+/m0/s1. The fraction of sp³-hybridized carbons (Fsp3) is 0.517. The molecule has 0 bridgehead atoms. The molecule has 2 N–H and O–H groups in total. The third kappa shape index (κ3) is 10.3. The van der Waals surface area contributed by atoms with Crippen molar-refractivity contribution in [3.8, 4) is 28.7 Å². The zero-order chi connectivity index (χ0) is 47.9. The number of oxime groups is 1. The van der Waals surface area contributed by atoms with Gasteiger partial charge in [-0.05, 0) is 127 Å². The Morgan fingerprint density at radius 3 is 2.41 bits per heavy atom. The SMILES string of the molecule is C=CCO[C@@]12Oc3ccc(Oc4ccc5ccccc5c4)cc3[C@H]3[C@H](CCCCO)[C@@H](CCCCO)C=C(C(=NOC4CCCCO4)C[C@@H]1N(Cc1ccc4c(c1)OCO4)C(=O)CCC1CCCC1)[C@H]32. The van der Waals surface area contributed by atoms with Gasteiger partial charge in [0, 0.05) is 50.5 Å². The molecule has 1 unspecified atom stereocenters. The molecule has 70 heavy (non-hydrogen) atoms. The summed E-state index contributed by atoms with van der Waals surface area (Å²) in [4.78, 5) is 23.9. The summed E-state index contributed by atoms with van der Waals surface area (Å²) < 4.78 is 39.4. The number of rotatable bonds is 21. The first kappa shape index (κ1) is 48.2. The van der Waals surface area contributed by atoms with E-state index in [0.29, 0.717) is 61.2 Å². The highest BCUT2D eigenvalue weighted by atomic mass is 16.8. The zero-order valence-corrected chi connectivity index (χ0v) is 40.5. The highest BCUT2D eigenvalue weighted by Gasteiger charge is 2.65. The zero-order valence-electron chi connectivity index (χ0n) is 40.5. The van der Waals surface area contributed by atoms with Crippen molar-refractivity contribution >= 4 is 22.4 Å². The quantitative estimate of drug-likeness (QED) is 0.0472. The van der Waals surface area contributed by atoms with Crippen LogP contribution in [0.3, 0.4) is 0 Å². The number of unbranched alkanes of at least 4 members (excludes halogenated alkanes) is 2. The summed E-state index contributed by atoms with van der Waals surface area (Å²) in [6.45, 7) is 5.57. The van der Waals surface area contributed by atoms with Gasteiger partial charge in [-0.2, -0.15) is 0 Å². The summed E-state index contributed by atoms with van der Waals surface area (Å²) in [7, 11) is 0. The Labute approximate surface area is 412 Å². The van der Waals surface area contributed by atoms with Crippen LogP contribution in [0.15, 0.2) is 108 Å². The van der Waals surface area contributed by atoms with Crippen LogP contribution in [0, 0.1) is 23.7 Å². The summed E-state index contributed by atoms with van der Waals surface area (Å²) in [6, 6.07) is 25.8. The normalized spacial score (nSPS) is 26.3. The van der Waals surface area contributed by atoms with Crippen molar-refractivity contribution in [1.82, 2.24) is 4.90 Å². The molecule has 0 radical (unpaired) electrons. The number of amides is 1. The molecule has 10 rings (SSSR count). The van der Waals surface area contributed by atoms with Crippen molar-refractivity contribution < 1.29 is 48.3 Å². The number of fused-ring (bicyclic) bond motifs is 4. The van der Waals surface area contributed by atoms with Gasteiger partial charge in [0.2, 0.25) is 24.8 Å². The molecule has 12 nitrogen and oxygen atoms in total. The van der Waals surface area contributed by atoms with E-state index in [4.69, 9.17) is 38.4 Å². The van der Waals surface area contributed by atoms with Gasteiger partial charge in [0.25, 0.3) is 0 Å². The summed E-state index contributed by atoms with van der Waals surface area (Å²) in [5, 5.41) is 27.5. The number of hydrogen-bond donors (Lipinski definition) is 2. The van der Waals surface area contributed by atoms with E-state index in [-0.39, 0.29) is 56.8 Å². The van der Waals surface area contributed by atoms with Crippen LogP contribution in [-0.4, -0.2) is 78.1 Å². The number of allylic oxidation sites excluding steroid dienone is 1. The molecule has 7 atom stereocenters. The number of carbonyl (C=O) groups excluding carboxylic acids is 1. The van der Waals surface area contributed by atoms with E-state index in [0.717, 1.165) is 103 Å². The predicted octanol–water partition coefficient (Wildman–Crippen LogP) is 11.5. The summed E-state index contributed by atoms with van der Waals surface area (Å²) >= 11 is 0. The average molecular weight is 955 g/mol. The van der Waals surface area contributed by atoms with Crippen molar-refractivity contribution in [2.24, 2.45) is 28.8 Å². The third-order valence-corrected chi connectivity index (χ3v) is 15.7. The van der Waals surface area contributed by atoms with Crippen molar-refractivity contribution in [2.45, 2.75) is 133 Å². The molecule has 6 aliphatic rings. The van der Waals surface area contributed by atoms with Gasteiger partial charge in [-0.1, -0.05) is 92.2 Å². The fourth-order valence-corrected chi connectivity index (χ4v) is 12.4. The molecule has 2 saturated carbocycles. The second-order valence-corrected chi connectivity index (χ2v) is 20.2. The minimum absolute atomic E-state index is 0.0294. The molecule has 3 aliphatic carbocycles. The van der Waals surface area contributed by atoms with E-state index in [1.807, 2.05) is 53.4 Å². The van der Waals surface area contributed by atoms with Crippen LogP contribution in [0.2, 0.25) is 0 Å². The van der Waals surface area contributed by atoms with Gasteiger partial charge in [-0.3, -0.25) is 4.79 Å². The minimum atomic E-state index is -1.40. The molecule has 1 saturated heterocycles. The third-order valence-electron chi connectivity index (χ3n) is 15.7. The number of ether oxygens (including phenoxy) is 6. The first-order valence-electron chi connectivity index (χ1n) is 26.1. The van der Waals surface area contributed by atoms with E-state index >= 15 is 4.79 Å². The van der Waals surface area contributed by atoms with Crippen LogP contribution in [0.5, 0.6) is 28.7 Å². The van der Waals surface area contributed by atoms with E-state index in [9.17, 15) is 10.2 Å². The van der Waals surface area contributed by atoms with E-state index in [1.165, 1.54) is 12.8 Å². The first-order valence-corrected chi connectivity index (χ1v) is 26.1. The fourth-order valence-electron chi connectivity index (χ4n) is 12.4. The molecule has 372 valence electrons. The largest absolute Gasteiger partial charge is 0.459 e. The maximum atomic E-state index is 15.4. The second-order valence-electron chi connectivity index (χ2n) is 20.2. The average Bonchev–Trinajstić information content (AvgIpc) is 4.10. The summed E-state index contributed by atoms with van der Waals surface area (Å²) in [6.07, 6.45) is 17.3. The second kappa shape index (κ2) is 22.4. The van der Waals surface area contributed by atoms with Gasteiger partial charge in [-0.15, -0.1) is 6.58 Å². The molecule has 3 fully saturated rings. The topological polar surface area (TPSA) is 138 Å². The Hall–Kier alpha value is -5.40. The number of aliphatic hydroxyl groups is 2. The highest BCUT2D eigenvalue weighted by Crippen LogP contribution is 2.62. The van der Waals surface area contributed by atoms with Gasteiger partial charge in [0.15, 0.2) is 11.5 Å². The smallest absolute Gasteiger partial charge is 0.239 e. The lowest BCUT2D eigenvalue weighted by Crippen LogP contribution is -2.70. The molecular weight excluding hydrogens is 885 g/mol. The lowest BCUT2D eigenvalue weighted by atomic mass is 9.55. The highest BCUT2D eigenvalue weighted by molar-refractivity contribution is 6.03. The van der Waals surface area contributed by atoms with Gasteiger partial charge in [0.05, 0.1) is 24.8 Å². The van der Waals surface area contributed by atoms with E-state index in [1.54, 1.807) is 6.08 Å². The summed E-state index contributed by atoms with van der Waals surface area (Å²) in [5.41, 5.74) is 3.64. The Morgan fingerprint density at radius 2 is 1.60 bits per heavy atom. The number of benzene rings is 4. The maximum Gasteiger partial charge on any atom is 0.239 e. The summed E-state index contributed by atoms with van der Waals surface area (Å²) in [5.74, 6) is 2.05. The van der Waals surface area contributed by atoms with E-state index < -0.39 is 24.0 Å². The Kier molecular flexibility index (Phi) is 15.4. The van der Waals surface area contributed by atoms with Crippen LogP contribution in [0.1, 0.15) is 120 Å². The van der Waals surface area contributed by atoms with Crippen LogP contribution < -0.4 is 18.9 Å². The Balaban J connectivity index is 1.14. The van der Waals surface area contributed by atoms with Crippen LogP contribution >= 0.6 is 0 Å². The Morgan fingerprint density at radius 1 is 0.829 bits per heavy atom. The van der Waals surface area contributed by atoms with Crippen LogP contribution in [-0.2, 0) is 25.7 Å². The van der Waals surface area contributed by atoms with Crippen molar-refractivity contribution in [3.63, 3.8) is 0 Å². The minimum Gasteiger partial charge on any atom is -0.459 e. The number of aliphatic hydroxyl groups excluding tert-OH is 2. The number of carbonyl (C=O) groups is 1. The van der Waals surface area contributed by atoms with Gasteiger partial charge < -0.3 is 48.4 Å². The number of nitrogens with zero attached hydrogens (tertiary/aromatic N) is 2. The molecule has 4 aromatic rings. The first-order chi connectivity index (χ1) is 34.4. The molecule has 12 heteroatoms. The van der Waals surface area contributed by atoms with Gasteiger partial charge >= 0.3 is 0 Å². The molecule has 0 spiro atoms. The van der Waals surface area contributed by atoms with Gasteiger partial charge in [0.1, 0.15) is 23.3 Å². The van der Waals surface area contributed by atoms with Crippen molar-refractivity contribution in [2.75, 3.05) is 33.2 Å².